The molecule has 5 rings (SSSR count). The molecule has 8 heteroatoms. The summed E-state index contributed by atoms with van der Waals surface area (Å²) in [5, 5.41) is 3.54. The monoisotopic (exact) mass is 415 g/mol. The van der Waals surface area contributed by atoms with Crippen molar-refractivity contribution in [3.63, 3.8) is 0 Å². The van der Waals surface area contributed by atoms with Crippen molar-refractivity contribution < 1.29 is 19.1 Å². The Bertz CT molecular complexity index is 929. The average molecular weight is 416 g/mol. The smallest absolute Gasteiger partial charge is 0.254 e. The van der Waals surface area contributed by atoms with E-state index in [9.17, 15) is 9.59 Å². The van der Waals surface area contributed by atoms with E-state index in [4.69, 9.17) is 9.47 Å². The second kappa shape index (κ2) is 7.66. The molecule has 29 heavy (non-hydrogen) atoms. The van der Waals surface area contributed by atoms with E-state index >= 15 is 0 Å². The highest BCUT2D eigenvalue weighted by molar-refractivity contribution is 7.22. The number of nitrogens with zero attached hydrogens (tertiary/aromatic N) is 2. The van der Waals surface area contributed by atoms with Crippen molar-refractivity contribution in [1.82, 2.24) is 9.88 Å². The first-order valence-corrected chi connectivity index (χ1v) is 11.1. The van der Waals surface area contributed by atoms with Crippen molar-refractivity contribution >= 4 is 38.5 Å². The summed E-state index contributed by atoms with van der Waals surface area (Å²) in [6.45, 7) is 1.26. The number of amides is 2. The average Bonchev–Trinajstić information content (AvgIpc) is 3.42. The molecule has 1 aromatic heterocycles. The Morgan fingerprint density at radius 1 is 1.21 bits per heavy atom. The lowest BCUT2D eigenvalue weighted by Gasteiger charge is -2.34. The van der Waals surface area contributed by atoms with E-state index in [1.54, 1.807) is 7.11 Å². The maximum absolute atomic E-state index is 13.1. The summed E-state index contributed by atoms with van der Waals surface area (Å²) >= 11 is 1.42. The highest BCUT2D eigenvalue weighted by Gasteiger charge is 2.40. The lowest BCUT2D eigenvalue weighted by atomic mass is 10.1. The predicted molar refractivity (Wildman–Crippen MR) is 110 cm³/mol. The fourth-order valence-electron chi connectivity index (χ4n) is 4.82. The molecule has 2 unspecified atom stereocenters. The van der Waals surface area contributed by atoms with Gasteiger partial charge in [0.25, 0.3) is 5.91 Å². The number of methoxy groups -OCH3 is 1. The molecular formula is C21H25N3O4S. The zero-order valence-corrected chi connectivity index (χ0v) is 17.2. The summed E-state index contributed by atoms with van der Waals surface area (Å²) < 4.78 is 11.9. The summed E-state index contributed by atoms with van der Waals surface area (Å²) in [5.41, 5.74) is 1.48. The highest BCUT2D eigenvalue weighted by atomic mass is 32.1. The number of fused-ring (bicyclic) bond motifs is 3. The number of ether oxygens (including phenoxy) is 2. The minimum atomic E-state index is -0.0269. The van der Waals surface area contributed by atoms with Gasteiger partial charge in [-0.05, 0) is 50.3 Å². The predicted octanol–water partition coefficient (Wildman–Crippen LogP) is 3.05. The first-order valence-electron chi connectivity index (χ1n) is 10.3. The normalized spacial score (nSPS) is 28.8. The first-order chi connectivity index (χ1) is 14.1. The molecule has 4 atom stereocenters. The van der Waals surface area contributed by atoms with Crippen molar-refractivity contribution in [2.24, 2.45) is 5.92 Å². The molecule has 1 N–H and O–H groups in total. The van der Waals surface area contributed by atoms with Gasteiger partial charge in [0.05, 0.1) is 41.6 Å². The SMILES string of the molecule is COC1CCC(C(=O)Nc2nc3ccc(C(=O)N4[C@@H]5CC[C@H]4COC5)cc3s2)C1. The van der Waals surface area contributed by atoms with Crippen LogP contribution in [0, 0.1) is 5.92 Å². The molecular weight excluding hydrogens is 390 g/mol. The van der Waals surface area contributed by atoms with Gasteiger partial charge in [-0.25, -0.2) is 4.98 Å². The number of hydrogen-bond donors (Lipinski definition) is 1. The molecule has 2 bridgehead atoms. The molecule has 3 aliphatic rings. The van der Waals surface area contributed by atoms with Crippen LogP contribution in [0.2, 0.25) is 0 Å². The van der Waals surface area contributed by atoms with Crippen LogP contribution >= 0.6 is 11.3 Å². The van der Waals surface area contributed by atoms with Crippen molar-refractivity contribution in [3.05, 3.63) is 23.8 Å². The summed E-state index contributed by atoms with van der Waals surface area (Å²) in [7, 11) is 1.69. The number of anilines is 1. The summed E-state index contributed by atoms with van der Waals surface area (Å²) in [6.07, 6.45) is 4.72. The van der Waals surface area contributed by atoms with Gasteiger partial charge in [0.2, 0.25) is 5.91 Å². The summed E-state index contributed by atoms with van der Waals surface area (Å²) in [5.74, 6) is 0.0453. The van der Waals surface area contributed by atoms with Crippen LogP contribution in [-0.2, 0) is 14.3 Å². The zero-order valence-electron chi connectivity index (χ0n) is 16.4. The number of benzene rings is 1. The molecule has 154 valence electrons. The number of nitrogens with one attached hydrogen (secondary N) is 1. The molecule has 0 radical (unpaired) electrons. The molecule has 2 amide bonds. The van der Waals surface area contributed by atoms with Crippen LogP contribution in [0.15, 0.2) is 18.2 Å². The van der Waals surface area contributed by atoms with Crippen molar-refractivity contribution in [2.75, 3.05) is 25.6 Å². The minimum Gasteiger partial charge on any atom is -0.381 e. The Morgan fingerprint density at radius 2 is 2.00 bits per heavy atom. The van der Waals surface area contributed by atoms with Crippen LogP contribution in [0.4, 0.5) is 5.13 Å². The Balaban J connectivity index is 1.31. The largest absolute Gasteiger partial charge is 0.381 e. The zero-order chi connectivity index (χ0) is 20.0. The molecule has 3 fully saturated rings. The van der Waals surface area contributed by atoms with Gasteiger partial charge in [0.15, 0.2) is 5.13 Å². The van der Waals surface area contributed by atoms with Crippen molar-refractivity contribution in [3.8, 4) is 0 Å². The third-order valence-corrected chi connectivity index (χ3v) is 7.36. The van der Waals surface area contributed by atoms with Crippen LogP contribution in [-0.4, -0.2) is 60.2 Å². The Labute approximate surface area is 173 Å². The standard InChI is InChI=1S/C21H25N3O4S/c1-27-16-6-2-12(8-16)19(25)23-21-22-17-7-3-13(9-18(17)29-21)20(26)24-14-4-5-15(24)11-28-10-14/h3,7,9,12,14-16H,2,4-6,8,10-11H2,1H3,(H,22,23,25)/t12?,14-,15+,16?. The van der Waals surface area contributed by atoms with Gasteiger partial charge in [-0.1, -0.05) is 11.3 Å². The maximum Gasteiger partial charge on any atom is 0.254 e. The van der Waals surface area contributed by atoms with Gasteiger partial charge in [-0.2, -0.15) is 0 Å². The van der Waals surface area contributed by atoms with Crippen LogP contribution in [0.5, 0.6) is 0 Å². The number of hydrogen-bond acceptors (Lipinski definition) is 6. The quantitative estimate of drug-likeness (QED) is 0.830. The van der Waals surface area contributed by atoms with E-state index < -0.39 is 0 Å². The van der Waals surface area contributed by atoms with Crippen LogP contribution in [0.25, 0.3) is 10.2 Å². The van der Waals surface area contributed by atoms with Crippen LogP contribution < -0.4 is 5.32 Å². The van der Waals surface area contributed by atoms with E-state index in [0.29, 0.717) is 23.9 Å². The third-order valence-electron chi connectivity index (χ3n) is 6.43. The fourth-order valence-corrected chi connectivity index (χ4v) is 5.73. The number of carbonyl (C=O) groups is 2. The van der Waals surface area contributed by atoms with E-state index in [1.165, 1.54) is 11.3 Å². The van der Waals surface area contributed by atoms with E-state index in [1.807, 2.05) is 23.1 Å². The summed E-state index contributed by atoms with van der Waals surface area (Å²) in [6, 6.07) is 5.99. The molecule has 1 saturated carbocycles. The number of rotatable bonds is 4. The number of carbonyl (C=O) groups excluding carboxylic acids is 2. The molecule has 0 spiro atoms. The molecule has 2 aliphatic heterocycles. The second-order valence-electron chi connectivity index (χ2n) is 8.19. The van der Waals surface area contributed by atoms with Gasteiger partial charge < -0.3 is 19.7 Å². The van der Waals surface area contributed by atoms with E-state index in [0.717, 1.165) is 42.3 Å². The van der Waals surface area contributed by atoms with Gasteiger partial charge in [0, 0.05) is 18.6 Å². The van der Waals surface area contributed by atoms with Gasteiger partial charge >= 0.3 is 0 Å². The van der Waals surface area contributed by atoms with Crippen molar-refractivity contribution in [1.29, 1.82) is 0 Å². The molecule has 2 saturated heterocycles. The van der Waals surface area contributed by atoms with E-state index in [2.05, 4.69) is 10.3 Å². The lowest BCUT2D eigenvalue weighted by Crippen LogP contribution is -2.49. The second-order valence-corrected chi connectivity index (χ2v) is 9.22. The minimum absolute atomic E-state index is 0.00444. The van der Waals surface area contributed by atoms with E-state index in [-0.39, 0.29) is 35.9 Å². The number of morpholine rings is 1. The van der Waals surface area contributed by atoms with Crippen molar-refractivity contribution in [2.45, 2.75) is 50.3 Å². The number of aromatic nitrogens is 1. The Kier molecular flexibility index (Phi) is 5.01. The van der Waals surface area contributed by atoms with Crippen LogP contribution in [0.1, 0.15) is 42.5 Å². The van der Waals surface area contributed by atoms with Gasteiger partial charge in [-0.3, -0.25) is 9.59 Å². The van der Waals surface area contributed by atoms with Gasteiger partial charge in [0.1, 0.15) is 0 Å². The molecule has 1 aromatic carbocycles. The lowest BCUT2D eigenvalue weighted by molar-refractivity contribution is -0.119. The molecule has 1 aliphatic carbocycles. The van der Waals surface area contributed by atoms with Crippen LogP contribution in [0.3, 0.4) is 0 Å². The molecule has 7 nitrogen and oxygen atoms in total. The summed E-state index contributed by atoms with van der Waals surface area (Å²) in [4.78, 5) is 32.2. The fraction of sp³-hybridized carbons (Fsp3) is 0.571. The Hall–Kier alpha value is -2.03. The highest BCUT2D eigenvalue weighted by Crippen LogP contribution is 2.33. The Morgan fingerprint density at radius 3 is 2.72 bits per heavy atom. The van der Waals surface area contributed by atoms with Gasteiger partial charge in [-0.15, -0.1) is 0 Å². The third kappa shape index (κ3) is 3.53. The molecule has 3 heterocycles. The molecule has 2 aromatic rings. The maximum atomic E-state index is 13.1. The first kappa shape index (κ1) is 19.0. The topological polar surface area (TPSA) is 80.8 Å². The number of thiazole rings is 1.